The molecule has 9 nitrogen and oxygen atoms in total. The number of benzene rings is 2. The Labute approximate surface area is 193 Å². The zero-order valence-corrected chi connectivity index (χ0v) is 18.8. The third kappa shape index (κ3) is 3.75. The van der Waals surface area contributed by atoms with E-state index in [1.165, 1.54) is 19.1 Å². The van der Waals surface area contributed by atoms with Gasteiger partial charge >= 0.3 is 5.97 Å². The van der Waals surface area contributed by atoms with E-state index in [0.29, 0.717) is 6.42 Å². The van der Waals surface area contributed by atoms with Gasteiger partial charge in [0.25, 0.3) is 0 Å². The molecule has 4 rings (SSSR count). The molecule has 0 unspecified atom stereocenters. The molecule has 0 bridgehead atoms. The molecule has 1 aromatic heterocycles. The van der Waals surface area contributed by atoms with Gasteiger partial charge in [0.1, 0.15) is 22.7 Å². The van der Waals surface area contributed by atoms with E-state index in [2.05, 4.69) is 0 Å². The van der Waals surface area contributed by atoms with Crippen LogP contribution in [0.3, 0.4) is 0 Å². The van der Waals surface area contributed by atoms with E-state index >= 15 is 0 Å². The van der Waals surface area contributed by atoms with Gasteiger partial charge in [0, 0.05) is 12.5 Å². The van der Waals surface area contributed by atoms with Gasteiger partial charge in [-0.25, -0.2) is 0 Å². The Balaban J connectivity index is 2.15. The van der Waals surface area contributed by atoms with Gasteiger partial charge in [0.05, 0.1) is 35.0 Å². The first-order valence-electron chi connectivity index (χ1n) is 11.1. The SMILES string of the molecule is CCC[C@@H](O)[C@](C)(O)c1cc(=O)c2c(CC(=O)O)cc3cc4c(c(O)c3c2o1)C(=O)CC[C@@H]4O. The number of aromatic hydroxyl groups is 1. The number of carbonyl (C=O) groups excluding carboxylic acids is 1. The molecule has 0 radical (unpaired) electrons. The first-order chi connectivity index (χ1) is 16.0. The second-order valence-corrected chi connectivity index (χ2v) is 9.00. The first-order valence-corrected chi connectivity index (χ1v) is 11.1. The van der Waals surface area contributed by atoms with Gasteiger partial charge in [-0.1, -0.05) is 13.3 Å². The van der Waals surface area contributed by atoms with Gasteiger partial charge in [-0.3, -0.25) is 14.4 Å². The highest BCUT2D eigenvalue weighted by Gasteiger charge is 2.36. The molecule has 34 heavy (non-hydrogen) atoms. The van der Waals surface area contributed by atoms with Gasteiger partial charge in [0.15, 0.2) is 11.2 Å². The molecule has 3 atom stereocenters. The Morgan fingerprint density at radius 1 is 1.24 bits per heavy atom. The van der Waals surface area contributed by atoms with Crippen molar-refractivity contribution in [1.29, 1.82) is 0 Å². The maximum absolute atomic E-state index is 13.2. The minimum absolute atomic E-state index is 0.00919. The van der Waals surface area contributed by atoms with Gasteiger partial charge in [-0.05, 0) is 48.4 Å². The summed E-state index contributed by atoms with van der Waals surface area (Å²) in [7, 11) is 0. The average Bonchev–Trinajstić information content (AvgIpc) is 2.75. The van der Waals surface area contributed by atoms with Crippen LogP contribution in [0, 0.1) is 0 Å². The van der Waals surface area contributed by atoms with Crippen molar-refractivity contribution >= 4 is 33.5 Å². The molecule has 3 aromatic rings. The van der Waals surface area contributed by atoms with Crippen molar-refractivity contribution in [3.05, 3.63) is 50.9 Å². The predicted octanol–water partition coefficient (Wildman–Crippen LogP) is 2.66. The summed E-state index contributed by atoms with van der Waals surface area (Å²) in [6.45, 7) is 3.11. The second kappa shape index (κ2) is 8.50. The minimum atomic E-state index is -1.95. The van der Waals surface area contributed by atoms with E-state index in [1.807, 2.05) is 6.92 Å². The Morgan fingerprint density at radius 3 is 2.59 bits per heavy atom. The van der Waals surface area contributed by atoms with E-state index < -0.39 is 41.4 Å². The monoisotopic (exact) mass is 470 g/mol. The number of phenols is 1. The molecule has 0 fully saturated rings. The van der Waals surface area contributed by atoms with Gasteiger partial charge in [0.2, 0.25) is 0 Å². The number of ketones is 1. The molecule has 2 aromatic carbocycles. The van der Waals surface area contributed by atoms with Gasteiger partial charge < -0.3 is 29.9 Å². The fourth-order valence-corrected chi connectivity index (χ4v) is 4.67. The van der Waals surface area contributed by atoms with E-state index in [0.717, 1.165) is 6.07 Å². The van der Waals surface area contributed by atoms with Crippen LogP contribution in [0.15, 0.2) is 27.4 Å². The van der Waals surface area contributed by atoms with E-state index in [1.54, 1.807) is 0 Å². The van der Waals surface area contributed by atoms with Crippen molar-refractivity contribution in [1.82, 2.24) is 0 Å². The number of fused-ring (bicyclic) bond motifs is 4. The maximum atomic E-state index is 13.2. The molecule has 1 heterocycles. The van der Waals surface area contributed by atoms with E-state index in [9.17, 15) is 39.9 Å². The van der Waals surface area contributed by atoms with Crippen LogP contribution in [0.4, 0.5) is 0 Å². The second-order valence-electron chi connectivity index (χ2n) is 9.00. The summed E-state index contributed by atoms with van der Waals surface area (Å²) >= 11 is 0. The van der Waals surface area contributed by atoms with Crippen molar-refractivity contribution in [3.63, 3.8) is 0 Å². The van der Waals surface area contributed by atoms with Crippen LogP contribution in [-0.2, 0) is 16.8 Å². The lowest BCUT2D eigenvalue weighted by molar-refractivity contribution is -0.136. The molecule has 1 aliphatic rings. The summed E-state index contributed by atoms with van der Waals surface area (Å²) in [6, 6.07) is 3.90. The number of rotatable bonds is 6. The van der Waals surface area contributed by atoms with Crippen LogP contribution in [0.5, 0.6) is 5.75 Å². The highest BCUT2D eigenvalue weighted by atomic mass is 16.4. The first kappa shape index (κ1) is 23.9. The number of carbonyl (C=O) groups is 2. The van der Waals surface area contributed by atoms with Crippen molar-refractivity contribution in [2.75, 3.05) is 0 Å². The molecule has 0 saturated carbocycles. The molecular formula is C25H26O9. The fourth-order valence-electron chi connectivity index (χ4n) is 4.67. The molecule has 0 amide bonds. The number of aliphatic carboxylic acids is 1. The van der Waals surface area contributed by atoms with Crippen LogP contribution in [-0.4, -0.2) is 43.4 Å². The molecular weight excluding hydrogens is 444 g/mol. The van der Waals surface area contributed by atoms with Crippen LogP contribution in [0.1, 0.15) is 72.9 Å². The molecule has 1 aliphatic carbocycles. The van der Waals surface area contributed by atoms with Crippen LogP contribution >= 0.6 is 0 Å². The standard InChI is InChI=1S/C25H26O9/c1-3-4-17(29)25(2,33)18-10-16(28)20-12(9-19(30)31)7-11-8-13-14(26)5-6-15(27)22(13)23(32)21(11)24(20)34-18/h7-8,10,14,17,26,29,32-33H,3-6,9H2,1-2H3,(H,30,31)/t14-,17+,25-/m0/s1. The maximum Gasteiger partial charge on any atom is 0.307 e. The molecule has 9 heteroatoms. The van der Waals surface area contributed by atoms with Crippen molar-refractivity contribution in [3.8, 4) is 5.75 Å². The predicted molar refractivity (Wildman–Crippen MR) is 122 cm³/mol. The number of aliphatic hydroxyl groups is 3. The smallest absolute Gasteiger partial charge is 0.307 e. The highest BCUT2D eigenvalue weighted by Crippen LogP contribution is 2.43. The quantitative estimate of drug-likeness (QED) is 0.340. The zero-order valence-electron chi connectivity index (χ0n) is 18.8. The van der Waals surface area contributed by atoms with Crippen molar-refractivity contribution in [2.24, 2.45) is 0 Å². The zero-order chi connectivity index (χ0) is 24.9. The molecule has 0 spiro atoms. The van der Waals surface area contributed by atoms with Crippen LogP contribution in [0.2, 0.25) is 0 Å². The molecule has 0 saturated heterocycles. The number of carboxylic acids is 1. The highest BCUT2D eigenvalue weighted by molar-refractivity contribution is 6.15. The largest absolute Gasteiger partial charge is 0.506 e. The van der Waals surface area contributed by atoms with Crippen molar-refractivity contribution in [2.45, 2.75) is 63.8 Å². The number of hydrogen-bond acceptors (Lipinski definition) is 8. The van der Waals surface area contributed by atoms with Crippen molar-refractivity contribution < 1.29 is 39.5 Å². The molecule has 0 aliphatic heterocycles. The Hall–Kier alpha value is -3.27. The van der Waals surface area contributed by atoms with E-state index in [-0.39, 0.29) is 69.2 Å². The average molecular weight is 470 g/mol. The third-order valence-corrected chi connectivity index (χ3v) is 6.52. The Morgan fingerprint density at radius 2 is 1.94 bits per heavy atom. The van der Waals surface area contributed by atoms with Crippen LogP contribution < -0.4 is 5.43 Å². The number of Topliss-reactive ketones (excluding diaryl/α,β-unsaturated/α-hetero) is 1. The summed E-state index contributed by atoms with van der Waals surface area (Å²) in [5.41, 5.74) is -2.57. The van der Waals surface area contributed by atoms with Gasteiger partial charge in [-0.2, -0.15) is 0 Å². The number of carboxylic acid groups (broad SMARTS) is 1. The minimum Gasteiger partial charge on any atom is -0.506 e. The number of aliphatic hydroxyl groups excluding tert-OH is 2. The van der Waals surface area contributed by atoms with E-state index in [4.69, 9.17) is 4.42 Å². The molecule has 5 N–H and O–H groups in total. The summed E-state index contributed by atoms with van der Waals surface area (Å²) in [4.78, 5) is 37.2. The Kier molecular flexibility index (Phi) is 5.97. The summed E-state index contributed by atoms with van der Waals surface area (Å²) in [6.07, 6.45) is -1.79. The summed E-state index contributed by atoms with van der Waals surface area (Å²) < 4.78 is 5.91. The lowest BCUT2D eigenvalue weighted by atomic mass is 9.84. The third-order valence-electron chi connectivity index (χ3n) is 6.52. The summed E-state index contributed by atoms with van der Waals surface area (Å²) in [5, 5.41) is 52.5. The van der Waals surface area contributed by atoms with Gasteiger partial charge in [-0.15, -0.1) is 0 Å². The topological polar surface area (TPSA) is 165 Å². The lowest BCUT2D eigenvalue weighted by Gasteiger charge is -2.28. The normalized spacial score (nSPS) is 18.6. The number of hydrogen-bond donors (Lipinski definition) is 5. The van der Waals surface area contributed by atoms with Crippen LogP contribution in [0.25, 0.3) is 21.7 Å². The Bertz CT molecular complexity index is 1380. The lowest BCUT2D eigenvalue weighted by Crippen LogP contribution is -2.37. The summed E-state index contributed by atoms with van der Waals surface area (Å²) in [5.74, 6) is -2.33. The molecule has 180 valence electrons. The fraction of sp³-hybridized carbons (Fsp3) is 0.400. The number of phenolic OH excluding ortho intramolecular Hbond substituents is 1.